The van der Waals surface area contributed by atoms with E-state index in [9.17, 15) is 0 Å². The number of hydrogen-bond acceptors (Lipinski definition) is 2. The van der Waals surface area contributed by atoms with Crippen molar-refractivity contribution in [3.8, 4) is 0 Å². The molecule has 18 heavy (non-hydrogen) atoms. The van der Waals surface area contributed by atoms with Crippen LogP contribution in [0.15, 0.2) is 0 Å². The van der Waals surface area contributed by atoms with E-state index in [4.69, 9.17) is 11.5 Å². The molecule has 0 rings (SSSR count). The van der Waals surface area contributed by atoms with Crippen LogP contribution in [0.3, 0.4) is 0 Å². The van der Waals surface area contributed by atoms with Gasteiger partial charge in [-0.3, -0.25) is 0 Å². The summed E-state index contributed by atoms with van der Waals surface area (Å²) >= 11 is 0. The van der Waals surface area contributed by atoms with Crippen LogP contribution < -0.4 is 11.5 Å². The highest BCUT2D eigenvalue weighted by molar-refractivity contribution is 4.61. The van der Waals surface area contributed by atoms with Crippen molar-refractivity contribution >= 4 is 0 Å². The Kier molecular flexibility index (Phi) is 13.3. The zero-order valence-corrected chi connectivity index (χ0v) is 12.8. The first kappa shape index (κ1) is 17.9. The first-order valence-electron chi connectivity index (χ1n) is 8.10. The maximum Gasteiger partial charge on any atom is -0.00773 e. The first-order chi connectivity index (χ1) is 8.70. The van der Waals surface area contributed by atoms with Gasteiger partial charge >= 0.3 is 0 Å². The lowest BCUT2D eigenvalue weighted by Crippen LogP contribution is -2.04. The van der Waals surface area contributed by atoms with Crippen LogP contribution in [-0.4, -0.2) is 13.1 Å². The Morgan fingerprint density at radius 1 is 0.611 bits per heavy atom. The summed E-state index contributed by atoms with van der Waals surface area (Å²) < 4.78 is 0. The summed E-state index contributed by atoms with van der Waals surface area (Å²) in [6, 6.07) is 0. The molecular weight excluding hydrogens is 220 g/mol. The smallest absolute Gasteiger partial charge is 0.00773 e. The molecule has 2 atom stereocenters. The van der Waals surface area contributed by atoms with Gasteiger partial charge in [-0.1, -0.05) is 58.8 Å². The van der Waals surface area contributed by atoms with Crippen LogP contribution in [0.1, 0.15) is 78.1 Å². The summed E-state index contributed by atoms with van der Waals surface area (Å²) in [5.74, 6) is 1.79. The monoisotopic (exact) mass is 256 g/mol. The molecule has 0 fully saturated rings. The van der Waals surface area contributed by atoms with Gasteiger partial charge < -0.3 is 11.5 Å². The van der Waals surface area contributed by atoms with Gasteiger partial charge in [0.2, 0.25) is 0 Å². The van der Waals surface area contributed by atoms with Crippen molar-refractivity contribution in [2.75, 3.05) is 13.1 Å². The van der Waals surface area contributed by atoms with E-state index < -0.39 is 0 Å². The van der Waals surface area contributed by atoms with Gasteiger partial charge in [0.15, 0.2) is 0 Å². The zero-order valence-electron chi connectivity index (χ0n) is 12.8. The molecule has 0 radical (unpaired) electrons. The van der Waals surface area contributed by atoms with E-state index in [2.05, 4.69) is 13.8 Å². The van der Waals surface area contributed by atoms with E-state index in [1.807, 2.05) is 0 Å². The zero-order chi connectivity index (χ0) is 13.6. The average Bonchev–Trinajstić information content (AvgIpc) is 2.34. The third-order valence-electron chi connectivity index (χ3n) is 3.86. The molecule has 0 saturated carbocycles. The number of hydrogen-bond donors (Lipinski definition) is 2. The van der Waals surface area contributed by atoms with Crippen molar-refractivity contribution in [2.45, 2.75) is 78.1 Å². The molecule has 2 unspecified atom stereocenters. The summed E-state index contributed by atoms with van der Waals surface area (Å²) in [6.45, 7) is 6.54. The highest BCUT2D eigenvalue weighted by Crippen LogP contribution is 2.22. The molecule has 0 aromatic heterocycles. The van der Waals surface area contributed by atoms with Crippen molar-refractivity contribution in [2.24, 2.45) is 23.3 Å². The molecule has 0 bridgehead atoms. The Bertz CT molecular complexity index is 159. The largest absolute Gasteiger partial charge is 0.330 e. The lowest BCUT2D eigenvalue weighted by Gasteiger charge is -2.17. The first-order valence-corrected chi connectivity index (χ1v) is 8.10. The molecule has 2 heteroatoms. The minimum Gasteiger partial charge on any atom is -0.330 e. The van der Waals surface area contributed by atoms with Crippen LogP contribution in [-0.2, 0) is 0 Å². The molecule has 0 aromatic carbocycles. The second-order valence-corrected chi connectivity index (χ2v) is 6.08. The highest BCUT2D eigenvalue weighted by Gasteiger charge is 2.08. The molecule has 0 saturated heterocycles. The fraction of sp³-hybridized carbons (Fsp3) is 1.00. The van der Waals surface area contributed by atoms with Gasteiger partial charge in [0, 0.05) is 0 Å². The molecule has 0 aliphatic heterocycles. The fourth-order valence-electron chi connectivity index (χ4n) is 2.73. The van der Waals surface area contributed by atoms with Gasteiger partial charge in [-0.15, -0.1) is 0 Å². The van der Waals surface area contributed by atoms with Gasteiger partial charge in [-0.05, 0) is 44.2 Å². The average molecular weight is 256 g/mol. The van der Waals surface area contributed by atoms with Gasteiger partial charge in [-0.25, -0.2) is 0 Å². The number of nitrogens with two attached hydrogens (primary N) is 2. The molecule has 2 nitrogen and oxygen atoms in total. The molecule has 0 amide bonds. The van der Waals surface area contributed by atoms with Crippen LogP contribution in [0, 0.1) is 11.8 Å². The van der Waals surface area contributed by atoms with E-state index in [0.717, 1.165) is 24.9 Å². The summed E-state index contributed by atoms with van der Waals surface area (Å²) in [6.07, 6.45) is 13.3. The van der Waals surface area contributed by atoms with Crippen LogP contribution in [0.4, 0.5) is 0 Å². The predicted octanol–water partition coefficient (Wildman–Crippen LogP) is 4.08. The van der Waals surface area contributed by atoms with Crippen LogP contribution >= 0.6 is 0 Å². The molecule has 0 aromatic rings. The van der Waals surface area contributed by atoms with Gasteiger partial charge in [-0.2, -0.15) is 0 Å². The summed E-state index contributed by atoms with van der Waals surface area (Å²) in [4.78, 5) is 0. The Morgan fingerprint density at radius 2 is 1.00 bits per heavy atom. The third kappa shape index (κ3) is 12.4. The Balaban J connectivity index is 3.34. The molecule has 0 spiro atoms. The summed E-state index contributed by atoms with van der Waals surface area (Å²) in [5, 5.41) is 0. The second kappa shape index (κ2) is 13.4. The topological polar surface area (TPSA) is 52.0 Å². The standard InChI is InChI=1S/C16H36N2/c1-15(10-6-3-4-8-12-17)14-16(2)11-7-5-9-13-18/h15-16H,3-14,17-18H2,1-2H3. The Labute approximate surface area is 115 Å². The van der Waals surface area contributed by atoms with Gasteiger partial charge in [0.05, 0.1) is 0 Å². The van der Waals surface area contributed by atoms with E-state index in [1.54, 1.807) is 0 Å². The van der Waals surface area contributed by atoms with Crippen molar-refractivity contribution < 1.29 is 0 Å². The minimum absolute atomic E-state index is 0.855. The molecule has 110 valence electrons. The quantitative estimate of drug-likeness (QED) is 0.488. The maximum atomic E-state index is 5.51. The van der Waals surface area contributed by atoms with Gasteiger partial charge in [0.1, 0.15) is 0 Å². The van der Waals surface area contributed by atoms with Crippen LogP contribution in [0.5, 0.6) is 0 Å². The third-order valence-corrected chi connectivity index (χ3v) is 3.86. The Morgan fingerprint density at radius 3 is 1.44 bits per heavy atom. The summed E-state index contributed by atoms with van der Waals surface area (Å²) in [7, 11) is 0. The van der Waals surface area contributed by atoms with E-state index >= 15 is 0 Å². The predicted molar refractivity (Wildman–Crippen MR) is 82.6 cm³/mol. The normalized spacial score (nSPS) is 14.7. The molecule has 0 aliphatic rings. The SMILES string of the molecule is CC(CCCCCN)CC(C)CCCCCCN. The highest BCUT2D eigenvalue weighted by atomic mass is 14.5. The van der Waals surface area contributed by atoms with Crippen molar-refractivity contribution in [1.29, 1.82) is 0 Å². The van der Waals surface area contributed by atoms with Crippen LogP contribution in [0.2, 0.25) is 0 Å². The van der Waals surface area contributed by atoms with E-state index in [1.165, 1.54) is 64.2 Å². The minimum atomic E-state index is 0.855. The molecular formula is C16H36N2. The maximum absolute atomic E-state index is 5.51. The lowest BCUT2D eigenvalue weighted by atomic mass is 9.89. The Hall–Kier alpha value is -0.0800. The van der Waals surface area contributed by atoms with E-state index in [0.29, 0.717) is 0 Å². The lowest BCUT2D eigenvalue weighted by molar-refractivity contribution is 0.358. The van der Waals surface area contributed by atoms with Crippen LogP contribution in [0.25, 0.3) is 0 Å². The second-order valence-electron chi connectivity index (χ2n) is 6.08. The molecule has 0 heterocycles. The summed E-state index contributed by atoms with van der Waals surface area (Å²) in [5.41, 5.74) is 11.0. The van der Waals surface area contributed by atoms with Crippen molar-refractivity contribution in [1.82, 2.24) is 0 Å². The van der Waals surface area contributed by atoms with E-state index in [-0.39, 0.29) is 0 Å². The molecule has 4 N–H and O–H groups in total. The number of rotatable bonds is 13. The van der Waals surface area contributed by atoms with Crippen molar-refractivity contribution in [3.05, 3.63) is 0 Å². The molecule has 0 aliphatic carbocycles. The van der Waals surface area contributed by atoms with Gasteiger partial charge in [0.25, 0.3) is 0 Å². The number of unbranched alkanes of at least 4 members (excludes halogenated alkanes) is 5. The fourth-order valence-corrected chi connectivity index (χ4v) is 2.73. The van der Waals surface area contributed by atoms with Crippen molar-refractivity contribution in [3.63, 3.8) is 0 Å².